The quantitative estimate of drug-likeness (QED) is 0.260. The van der Waals surface area contributed by atoms with Crippen molar-refractivity contribution >= 4 is 40.6 Å². The van der Waals surface area contributed by atoms with Crippen LogP contribution < -0.4 is 0 Å². The molecule has 1 aromatic heterocycles. The van der Waals surface area contributed by atoms with Crippen LogP contribution in [0.15, 0.2) is 34.8 Å². The molecule has 110 valence electrons. The predicted molar refractivity (Wildman–Crippen MR) is 81.8 cm³/mol. The van der Waals surface area contributed by atoms with Crippen LogP contribution in [0.5, 0.6) is 0 Å². The van der Waals surface area contributed by atoms with E-state index in [2.05, 4.69) is 10.0 Å². The number of non-ortho nitro benzene ring substituents is 1. The molecule has 0 bridgehead atoms. The number of thiophene rings is 1. The van der Waals surface area contributed by atoms with Crippen LogP contribution in [0.25, 0.3) is 22.6 Å². The van der Waals surface area contributed by atoms with Crippen LogP contribution in [0.4, 0.5) is 17.1 Å². The Morgan fingerprint density at radius 1 is 1.23 bits per heavy atom. The molecule has 0 unspecified atom stereocenters. The van der Waals surface area contributed by atoms with Crippen molar-refractivity contribution in [2.75, 3.05) is 0 Å². The molecule has 0 aliphatic rings. The molecule has 0 fully saturated rings. The maximum atomic E-state index is 11.1. The third-order valence-corrected chi connectivity index (χ3v) is 3.48. The van der Waals surface area contributed by atoms with Crippen LogP contribution in [0.3, 0.4) is 0 Å². The van der Waals surface area contributed by atoms with Crippen LogP contribution in [0, 0.1) is 20.2 Å². The predicted octanol–water partition coefficient (Wildman–Crippen LogP) is 4.68. The molecule has 22 heavy (non-hydrogen) atoms. The van der Waals surface area contributed by atoms with Gasteiger partial charge in [0, 0.05) is 15.9 Å². The molecule has 1 aromatic carbocycles. The molecule has 0 aliphatic heterocycles. The maximum Gasteiger partial charge on any atom is 0.283 e. The monoisotopic (exact) mass is 317 g/mol. The van der Waals surface area contributed by atoms with E-state index in [4.69, 9.17) is 5.53 Å². The summed E-state index contributed by atoms with van der Waals surface area (Å²) in [5, 5.41) is 27.1. The average molecular weight is 317 g/mol. The van der Waals surface area contributed by atoms with Gasteiger partial charge < -0.3 is 0 Å². The number of rotatable bonds is 5. The average Bonchev–Trinajstić information content (AvgIpc) is 2.98. The topological polar surface area (TPSA) is 135 Å². The second-order valence-corrected chi connectivity index (χ2v) is 4.93. The Morgan fingerprint density at radius 3 is 2.55 bits per heavy atom. The highest BCUT2D eigenvalue weighted by molar-refractivity contribution is 7.10. The van der Waals surface area contributed by atoms with Crippen LogP contribution in [0.2, 0.25) is 0 Å². The lowest BCUT2D eigenvalue weighted by molar-refractivity contribution is -0.394. The molecule has 0 N–H and O–H groups in total. The van der Waals surface area contributed by atoms with E-state index >= 15 is 0 Å². The fraction of sp³-hybridized carbons (Fsp3) is 0. The highest BCUT2D eigenvalue weighted by Crippen LogP contribution is 2.35. The first-order chi connectivity index (χ1) is 10.5. The van der Waals surface area contributed by atoms with Gasteiger partial charge in [0.25, 0.3) is 11.4 Å². The summed E-state index contributed by atoms with van der Waals surface area (Å²) >= 11 is 1.42. The largest absolute Gasteiger partial charge is 0.283 e. The molecule has 10 heteroatoms. The number of hydrogen-bond acceptors (Lipinski definition) is 6. The Hall–Kier alpha value is -3.23. The number of nitro groups is 2. The van der Waals surface area contributed by atoms with Crippen molar-refractivity contribution in [3.63, 3.8) is 0 Å². The van der Waals surface area contributed by atoms with E-state index in [0.717, 1.165) is 17.0 Å². The van der Waals surface area contributed by atoms with E-state index in [1.165, 1.54) is 17.4 Å². The van der Waals surface area contributed by atoms with Crippen LogP contribution in [0.1, 0.15) is 10.4 Å². The molecule has 1 heterocycles. The van der Waals surface area contributed by atoms with Crippen LogP contribution >= 0.6 is 11.3 Å². The lowest BCUT2D eigenvalue weighted by Gasteiger charge is -2.02. The minimum absolute atomic E-state index is 0.0156. The third kappa shape index (κ3) is 3.26. The van der Waals surface area contributed by atoms with Crippen molar-refractivity contribution in [3.05, 3.63) is 70.8 Å². The first-order valence-electron chi connectivity index (χ1n) is 5.76. The van der Waals surface area contributed by atoms with E-state index in [-0.39, 0.29) is 11.3 Å². The second kappa shape index (κ2) is 6.48. The highest BCUT2D eigenvalue weighted by Gasteiger charge is 2.22. The molecule has 0 radical (unpaired) electrons. The molecule has 9 nitrogen and oxygen atoms in total. The second-order valence-electron chi connectivity index (χ2n) is 3.95. The zero-order valence-corrected chi connectivity index (χ0v) is 11.6. The Bertz CT molecular complexity index is 786. The molecule has 0 atom stereocenters. The first-order valence-corrected chi connectivity index (χ1v) is 6.64. The molecule has 0 saturated carbocycles. The minimum atomic E-state index is -0.782. The zero-order chi connectivity index (χ0) is 16.1. The maximum absolute atomic E-state index is 11.1. The smallest absolute Gasteiger partial charge is 0.258 e. The van der Waals surface area contributed by atoms with Gasteiger partial charge in [0.05, 0.1) is 27.2 Å². The van der Waals surface area contributed by atoms with E-state index in [0.29, 0.717) is 0 Å². The van der Waals surface area contributed by atoms with Crippen LogP contribution in [-0.2, 0) is 0 Å². The van der Waals surface area contributed by atoms with Crippen molar-refractivity contribution in [1.29, 1.82) is 0 Å². The Morgan fingerprint density at radius 2 is 2.00 bits per heavy atom. The summed E-state index contributed by atoms with van der Waals surface area (Å²) in [7, 11) is 0. The summed E-state index contributed by atoms with van der Waals surface area (Å²) in [6.07, 6.45) is 3.01. The van der Waals surface area contributed by atoms with Gasteiger partial charge in [-0.05, 0) is 29.1 Å². The number of benzene rings is 1. The Balaban J connectivity index is 2.65. The van der Waals surface area contributed by atoms with E-state index in [1.54, 1.807) is 12.1 Å². The van der Waals surface area contributed by atoms with Gasteiger partial charge in [-0.2, -0.15) is 0 Å². The number of azide groups is 1. The molecule has 0 saturated heterocycles. The van der Waals surface area contributed by atoms with Gasteiger partial charge in [0.15, 0.2) is 0 Å². The molecule has 2 rings (SSSR count). The normalized spacial score (nSPS) is 10.4. The third-order valence-electron chi connectivity index (χ3n) is 2.64. The molecular weight excluding hydrogens is 310 g/mol. The lowest BCUT2D eigenvalue weighted by atomic mass is 10.1. The molecule has 2 aromatic rings. The summed E-state index contributed by atoms with van der Waals surface area (Å²) in [5.41, 5.74) is 7.39. The summed E-state index contributed by atoms with van der Waals surface area (Å²) in [5.74, 6) is 0. The fourth-order valence-corrected chi connectivity index (χ4v) is 2.34. The number of nitrogens with zero attached hydrogens (tertiary/aromatic N) is 5. The number of hydrogen-bond donors (Lipinski definition) is 0. The summed E-state index contributed by atoms with van der Waals surface area (Å²) < 4.78 is 0. The van der Waals surface area contributed by atoms with Crippen LogP contribution in [-0.4, -0.2) is 9.85 Å². The van der Waals surface area contributed by atoms with E-state index in [1.807, 2.05) is 11.4 Å². The zero-order valence-electron chi connectivity index (χ0n) is 10.8. The molecule has 0 spiro atoms. The minimum Gasteiger partial charge on any atom is -0.258 e. The first kappa shape index (κ1) is 15.2. The Kier molecular flexibility index (Phi) is 4.47. The van der Waals surface area contributed by atoms with Crippen molar-refractivity contribution < 1.29 is 9.85 Å². The summed E-state index contributed by atoms with van der Waals surface area (Å²) in [6.45, 7) is 0. The summed E-state index contributed by atoms with van der Waals surface area (Å²) in [6, 6.07) is 5.44. The number of nitro benzene ring substituents is 2. The standard InChI is InChI=1S/C12H7N5O4S/c13-15-14-11-6-8(16(18)19)7-12(17(20)21)10(11)4-3-9-2-1-5-22-9/h1-7H/b4-3+. The van der Waals surface area contributed by atoms with Gasteiger partial charge in [-0.25, -0.2) is 0 Å². The van der Waals surface area contributed by atoms with Gasteiger partial charge in [0.2, 0.25) is 0 Å². The fourth-order valence-electron chi connectivity index (χ4n) is 1.72. The lowest BCUT2D eigenvalue weighted by Crippen LogP contribution is -1.95. The van der Waals surface area contributed by atoms with Gasteiger partial charge in [-0.3, -0.25) is 20.2 Å². The van der Waals surface area contributed by atoms with Gasteiger partial charge in [0.1, 0.15) is 0 Å². The van der Waals surface area contributed by atoms with E-state index < -0.39 is 21.2 Å². The SMILES string of the molecule is [N-]=[N+]=Nc1cc([N+](=O)[O-])cc([N+](=O)[O-])c1/C=C/c1cccs1. The molecule has 0 aliphatic carbocycles. The highest BCUT2D eigenvalue weighted by atomic mass is 32.1. The van der Waals surface area contributed by atoms with Crippen molar-refractivity contribution in [1.82, 2.24) is 0 Å². The van der Waals surface area contributed by atoms with Gasteiger partial charge >= 0.3 is 0 Å². The van der Waals surface area contributed by atoms with Gasteiger partial charge in [-0.1, -0.05) is 11.2 Å². The molecule has 0 amide bonds. The van der Waals surface area contributed by atoms with E-state index in [9.17, 15) is 20.2 Å². The van der Waals surface area contributed by atoms with Gasteiger partial charge in [-0.15, -0.1) is 11.3 Å². The Labute approximate surface area is 127 Å². The summed E-state index contributed by atoms with van der Waals surface area (Å²) in [4.78, 5) is 23.8. The van der Waals surface area contributed by atoms with Crippen molar-refractivity contribution in [3.8, 4) is 0 Å². The van der Waals surface area contributed by atoms with Crippen molar-refractivity contribution in [2.24, 2.45) is 5.11 Å². The molecular formula is C12H7N5O4S. The van der Waals surface area contributed by atoms with Crippen molar-refractivity contribution in [2.45, 2.75) is 0 Å².